The molecule has 5 heteroatoms. The monoisotopic (exact) mass is 208 g/mol. The molecule has 0 bridgehead atoms. The van der Waals surface area contributed by atoms with Crippen LogP contribution >= 0.6 is 0 Å². The van der Waals surface area contributed by atoms with Gasteiger partial charge in [-0.15, -0.1) is 0 Å². The zero-order valence-corrected chi connectivity index (χ0v) is 10.9. The van der Waals surface area contributed by atoms with E-state index in [2.05, 4.69) is 19.6 Å². The summed E-state index contributed by atoms with van der Waals surface area (Å²) in [4.78, 5) is 0. The number of hydrogen-bond donors (Lipinski definition) is 0. The van der Waals surface area contributed by atoms with Gasteiger partial charge in [-0.05, 0) is 0 Å². The van der Waals surface area contributed by atoms with Crippen LogP contribution in [0.2, 0.25) is 19.6 Å². The predicted molar refractivity (Wildman–Crippen MR) is 55.3 cm³/mol. The molecule has 0 heterocycles. The van der Waals surface area contributed by atoms with Gasteiger partial charge < -0.3 is 13.6 Å². The molecule has 0 saturated heterocycles. The average Bonchev–Trinajstić information content (AvgIpc) is 1.96. The molecule has 0 aromatic carbocycles. The van der Waals surface area contributed by atoms with Crippen molar-refractivity contribution in [2.45, 2.75) is 19.6 Å². The van der Waals surface area contributed by atoms with Crippen LogP contribution in [-0.4, -0.2) is 44.0 Å². The van der Waals surface area contributed by atoms with Crippen LogP contribution in [0.25, 0.3) is 0 Å². The lowest BCUT2D eigenvalue weighted by atomic mass is 11.5. The second kappa shape index (κ2) is 5.87. The molecule has 12 heavy (non-hydrogen) atoms. The van der Waals surface area contributed by atoms with Gasteiger partial charge in [0.25, 0.3) is 0 Å². The van der Waals surface area contributed by atoms with Crippen LogP contribution in [0, 0.1) is 0 Å². The first-order valence-electron chi connectivity index (χ1n) is 4.13. The number of rotatable bonds is 6. The third kappa shape index (κ3) is 6.99. The summed E-state index contributed by atoms with van der Waals surface area (Å²) in [6.07, 6.45) is 1.56. The highest BCUT2D eigenvalue weighted by molar-refractivity contribution is 6.76. The molecule has 0 amide bonds. The molecule has 0 N–H and O–H groups in total. The van der Waals surface area contributed by atoms with Crippen LogP contribution in [0.1, 0.15) is 0 Å². The maximum atomic E-state index is 5.52. The van der Waals surface area contributed by atoms with Gasteiger partial charge in [-0.2, -0.15) is 0 Å². The predicted octanol–water partition coefficient (Wildman–Crippen LogP) is 0.933. The Bertz CT molecular complexity index is 110. The largest absolute Gasteiger partial charge is 0.399 e. The topological polar surface area (TPSA) is 27.7 Å². The lowest BCUT2D eigenvalue weighted by Crippen LogP contribution is -2.33. The van der Waals surface area contributed by atoms with Gasteiger partial charge in [0.15, 0.2) is 0 Å². The first-order valence-corrected chi connectivity index (χ1v) is 9.59. The minimum Gasteiger partial charge on any atom is -0.399 e. The molecule has 0 aromatic heterocycles. The smallest absolute Gasteiger partial charge is 0.347 e. The maximum absolute atomic E-state index is 5.52. The molecule has 0 rings (SSSR count). The number of hydrogen-bond acceptors (Lipinski definition) is 3. The van der Waals surface area contributed by atoms with Crippen LogP contribution in [0.5, 0.6) is 0 Å². The zero-order valence-electron chi connectivity index (χ0n) is 8.72. The summed E-state index contributed by atoms with van der Waals surface area (Å²) >= 11 is 0. The Morgan fingerprint density at radius 1 is 1.08 bits per heavy atom. The molecule has 0 aliphatic heterocycles. The molecule has 74 valence electrons. The molecule has 0 fully saturated rings. The molecule has 0 aliphatic carbocycles. The van der Waals surface area contributed by atoms with E-state index in [0.29, 0.717) is 6.23 Å². The van der Waals surface area contributed by atoms with E-state index in [9.17, 15) is 0 Å². The zero-order chi connectivity index (χ0) is 9.61. The van der Waals surface area contributed by atoms with E-state index in [1.165, 1.54) is 0 Å². The highest BCUT2D eigenvalue weighted by Crippen LogP contribution is 2.00. The summed E-state index contributed by atoms with van der Waals surface area (Å²) < 4.78 is 15.8. The lowest BCUT2D eigenvalue weighted by Gasteiger charge is -2.17. The Hall–Kier alpha value is 0.314. The van der Waals surface area contributed by atoms with Crippen molar-refractivity contribution in [2.24, 2.45) is 0 Å². The fraction of sp³-hybridized carbons (Fsp3) is 1.00. The van der Waals surface area contributed by atoms with Crippen LogP contribution in [0.3, 0.4) is 0 Å². The average molecular weight is 208 g/mol. The van der Waals surface area contributed by atoms with E-state index < -0.39 is 17.4 Å². The fourth-order valence-electron chi connectivity index (χ4n) is 0.694. The third-order valence-corrected chi connectivity index (χ3v) is 3.94. The van der Waals surface area contributed by atoms with Crippen molar-refractivity contribution in [3.05, 3.63) is 0 Å². The molecule has 0 unspecified atom stereocenters. The standard InChI is InChI=1S/C7H20O3Si2/c1-8-11(9-2)6-10-7-12(3,4)5/h11H,6-7H2,1-5H3. The van der Waals surface area contributed by atoms with Crippen molar-refractivity contribution in [2.75, 3.05) is 26.7 Å². The minimum absolute atomic E-state index is 0.664. The summed E-state index contributed by atoms with van der Waals surface area (Å²) in [5.41, 5.74) is 0. The van der Waals surface area contributed by atoms with E-state index in [-0.39, 0.29) is 0 Å². The highest BCUT2D eigenvalue weighted by atomic mass is 28.3. The molecular formula is C7H20O3Si2. The van der Waals surface area contributed by atoms with Crippen LogP contribution in [-0.2, 0) is 13.6 Å². The van der Waals surface area contributed by atoms with Crippen molar-refractivity contribution >= 4 is 17.4 Å². The van der Waals surface area contributed by atoms with Crippen molar-refractivity contribution < 1.29 is 13.6 Å². The molecule has 0 aromatic rings. The van der Waals surface area contributed by atoms with Gasteiger partial charge in [0.05, 0.1) is 14.3 Å². The first-order chi connectivity index (χ1) is 5.49. The Balaban J connectivity index is 3.41. The van der Waals surface area contributed by atoms with Gasteiger partial charge in [0.1, 0.15) is 0 Å². The second-order valence-corrected chi connectivity index (χ2v) is 11.5. The lowest BCUT2D eigenvalue weighted by molar-refractivity contribution is 0.169. The fourth-order valence-corrected chi connectivity index (χ4v) is 2.43. The van der Waals surface area contributed by atoms with Crippen LogP contribution in [0.15, 0.2) is 0 Å². The van der Waals surface area contributed by atoms with Crippen molar-refractivity contribution in [3.8, 4) is 0 Å². The van der Waals surface area contributed by atoms with Gasteiger partial charge in [-0.25, -0.2) is 0 Å². The molecule has 0 atom stereocenters. The highest BCUT2D eigenvalue weighted by Gasteiger charge is 2.16. The van der Waals surface area contributed by atoms with E-state index >= 15 is 0 Å². The van der Waals surface area contributed by atoms with Gasteiger partial charge in [0, 0.05) is 20.4 Å². The molecule has 0 aliphatic rings. The maximum Gasteiger partial charge on any atom is 0.347 e. The number of ether oxygens (including phenoxy) is 1. The van der Waals surface area contributed by atoms with Gasteiger partial charge >= 0.3 is 9.28 Å². The van der Waals surface area contributed by atoms with Crippen LogP contribution < -0.4 is 0 Å². The Labute approximate surface area is 77.9 Å². The SMILES string of the molecule is CO[SiH](COC[Si](C)(C)C)OC. The van der Waals surface area contributed by atoms with Crippen molar-refractivity contribution in [3.63, 3.8) is 0 Å². The van der Waals surface area contributed by atoms with Crippen LogP contribution in [0.4, 0.5) is 0 Å². The molecule has 3 nitrogen and oxygen atoms in total. The van der Waals surface area contributed by atoms with Crippen molar-refractivity contribution in [1.82, 2.24) is 0 Å². The summed E-state index contributed by atoms with van der Waals surface area (Å²) in [5.74, 6) is 0. The molecular weight excluding hydrogens is 188 g/mol. The summed E-state index contributed by atoms with van der Waals surface area (Å²) in [6.45, 7) is 6.84. The van der Waals surface area contributed by atoms with Gasteiger partial charge in [0.2, 0.25) is 0 Å². The van der Waals surface area contributed by atoms with Crippen molar-refractivity contribution in [1.29, 1.82) is 0 Å². The van der Waals surface area contributed by atoms with E-state index in [0.717, 1.165) is 6.23 Å². The molecule has 0 spiro atoms. The Kier molecular flexibility index (Phi) is 6.03. The summed E-state index contributed by atoms with van der Waals surface area (Å²) in [7, 11) is 0.815. The molecule has 0 radical (unpaired) electrons. The van der Waals surface area contributed by atoms with E-state index in [1.807, 2.05) is 0 Å². The van der Waals surface area contributed by atoms with E-state index in [1.54, 1.807) is 14.2 Å². The first kappa shape index (κ1) is 12.3. The third-order valence-electron chi connectivity index (χ3n) is 1.31. The minimum atomic E-state index is -1.48. The Morgan fingerprint density at radius 3 is 1.92 bits per heavy atom. The Morgan fingerprint density at radius 2 is 1.58 bits per heavy atom. The second-order valence-electron chi connectivity index (χ2n) is 3.98. The molecule has 0 saturated carbocycles. The van der Waals surface area contributed by atoms with Gasteiger partial charge in [-0.1, -0.05) is 19.6 Å². The normalized spacial score (nSPS) is 12.5. The summed E-state index contributed by atoms with van der Waals surface area (Å²) in [5, 5.41) is 0. The quantitative estimate of drug-likeness (QED) is 0.608. The van der Waals surface area contributed by atoms with E-state index in [4.69, 9.17) is 13.6 Å². The summed E-state index contributed by atoms with van der Waals surface area (Å²) in [6, 6.07) is 0. The van der Waals surface area contributed by atoms with Gasteiger partial charge in [-0.3, -0.25) is 0 Å².